The Kier molecular flexibility index (Phi) is 4.45. The van der Waals surface area contributed by atoms with Crippen molar-refractivity contribution in [3.8, 4) is 11.1 Å². The smallest absolute Gasteiger partial charge is 0.244 e. The molecule has 0 atom stereocenters. The van der Waals surface area contributed by atoms with Crippen LogP contribution in [0.15, 0.2) is 47.8 Å². The number of halogens is 4. The molecule has 2 nitrogen and oxygen atoms in total. The maximum Gasteiger partial charge on any atom is 0.398 e. The SMILES string of the molecule is Cc1cc(F)c(-c2ccc3ncncc3c2)cc1SCC(F)(F)F. The third kappa shape index (κ3) is 3.67. The Morgan fingerprint density at radius 2 is 1.92 bits per heavy atom. The van der Waals surface area contributed by atoms with Crippen molar-refractivity contribution < 1.29 is 17.6 Å². The first kappa shape index (κ1) is 16.7. The zero-order valence-corrected chi connectivity index (χ0v) is 13.4. The van der Waals surface area contributed by atoms with E-state index in [-0.39, 0.29) is 5.56 Å². The molecule has 0 saturated heterocycles. The summed E-state index contributed by atoms with van der Waals surface area (Å²) in [6.45, 7) is 1.60. The fraction of sp³-hybridized carbons (Fsp3) is 0.176. The molecule has 3 aromatic rings. The lowest BCUT2D eigenvalue weighted by Gasteiger charge is -2.12. The molecule has 1 heterocycles. The predicted molar refractivity (Wildman–Crippen MR) is 86.4 cm³/mol. The minimum absolute atomic E-state index is 0.260. The van der Waals surface area contributed by atoms with Crippen LogP contribution in [0.4, 0.5) is 17.6 Å². The predicted octanol–water partition coefficient (Wildman–Crippen LogP) is 5.40. The van der Waals surface area contributed by atoms with Gasteiger partial charge >= 0.3 is 6.18 Å². The van der Waals surface area contributed by atoms with E-state index in [1.54, 1.807) is 31.3 Å². The van der Waals surface area contributed by atoms with Crippen molar-refractivity contribution in [3.05, 3.63) is 54.2 Å². The third-order valence-corrected chi connectivity index (χ3v) is 4.69. The number of rotatable bonds is 3. The number of benzene rings is 2. The molecule has 7 heteroatoms. The van der Waals surface area contributed by atoms with Gasteiger partial charge in [0.1, 0.15) is 12.1 Å². The van der Waals surface area contributed by atoms with Crippen LogP contribution in [0.1, 0.15) is 5.56 Å². The summed E-state index contributed by atoms with van der Waals surface area (Å²) >= 11 is 0.659. The van der Waals surface area contributed by atoms with E-state index >= 15 is 0 Å². The van der Waals surface area contributed by atoms with E-state index in [9.17, 15) is 17.6 Å². The van der Waals surface area contributed by atoms with Crippen molar-refractivity contribution >= 4 is 22.7 Å². The molecule has 3 rings (SSSR count). The molecular weight excluding hydrogens is 340 g/mol. The largest absolute Gasteiger partial charge is 0.398 e. The summed E-state index contributed by atoms with van der Waals surface area (Å²) in [4.78, 5) is 8.43. The number of hydrogen-bond donors (Lipinski definition) is 0. The van der Waals surface area contributed by atoms with Gasteiger partial charge in [-0.15, -0.1) is 11.8 Å². The van der Waals surface area contributed by atoms with Crippen molar-refractivity contribution in [2.24, 2.45) is 0 Å². The maximum absolute atomic E-state index is 14.3. The number of hydrogen-bond acceptors (Lipinski definition) is 3. The molecule has 0 saturated carbocycles. The highest BCUT2D eigenvalue weighted by Crippen LogP contribution is 2.34. The number of fused-ring (bicyclic) bond motifs is 1. The molecular formula is C17H12F4N2S. The fourth-order valence-electron chi connectivity index (χ4n) is 2.34. The lowest BCUT2D eigenvalue weighted by molar-refractivity contribution is -0.105. The zero-order valence-electron chi connectivity index (χ0n) is 12.6. The van der Waals surface area contributed by atoms with Crippen LogP contribution in [-0.4, -0.2) is 21.9 Å². The van der Waals surface area contributed by atoms with Gasteiger partial charge in [0.05, 0.1) is 11.3 Å². The molecule has 0 aliphatic rings. The number of aromatic nitrogens is 2. The van der Waals surface area contributed by atoms with Crippen molar-refractivity contribution in [2.45, 2.75) is 18.0 Å². The van der Waals surface area contributed by atoms with E-state index in [2.05, 4.69) is 9.97 Å². The normalized spacial score (nSPS) is 11.9. The fourth-order valence-corrected chi connectivity index (χ4v) is 3.15. The average molecular weight is 352 g/mol. The summed E-state index contributed by atoms with van der Waals surface area (Å²) in [6, 6.07) is 7.88. The Balaban J connectivity index is 2.02. The number of aryl methyl sites for hydroxylation is 1. The second kappa shape index (κ2) is 6.39. The number of thioether (sulfide) groups is 1. The van der Waals surface area contributed by atoms with Crippen molar-refractivity contribution in [3.63, 3.8) is 0 Å². The van der Waals surface area contributed by atoms with Gasteiger partial charge in [-0.1, -0.05) is 6.07 Å². The Morgan fingerprint density at radius 1 is 1.12 bits per heavy atom. The maximum atomic E-state index is 14.3. The first-order valence-corrected chi connectivity index (χ1v) is 8.02. The molecule has 1 aromatic heterocycles. The third-order valence-electron chi connectivity index (χ3n) is 3.47. The standard InChI is InChI=1S/C17H12F4N2S/c1-10-4-14(18)13(6-16(10)24-8-17(19,20)21)11-2-3-15-12(5-11)7-22-9-23-15/h2-7,9H,8H2,1H3. The number of nitrogens with zero attached hydrogens (tertiary/aromatic N) is 2. The van der Waals surface area contributed by atoms with Crippen molar-refractivity contribution in [2.75, 3.05) is 5.75 Å². The summed E-state index contributed by atoms with van der Waals surface area (Å²) in [7, 11) is 0. The Morgan fingerprint density at radius 3 is 2.67 bits per heavy atom. The molecule has 0 unspecified atom stereocenters. The van der Waals surface area contributed by atoms with Crippen LogP contribution in [0.3, 0.4) is 0 Å². The first-order chi connectivity index (χ1) is 11.3. The molecule has 0 aliphatic carbocycles. The summed E-state index contributed by atoms with van der Waals surface area (Å²) in [6.07, 6.45) is -1.25. The molecule has 0 N–H and O–H groups in total. The molecule has 24 heavy (non-hydrogen) atoms. The van der Waals surface area contributed by atoms with Gasteiger partial charge in [-0.3, -0.25) is 0 Å². The summed E-state index contributed by atoms with van der Waals surface area (Å²) in [5, 5.41) is 0.736. The molecule has 2 aromatic carbocycles. The molecule has 0 amide bonds. The van der Waals surface area contributed by atoms with Crippen LogP contribution >= 0.6 is 11.8 Å². The molecule has 0 radical (unpaired) electrons. The van der Waals surface area contributed by atoms with Gasteiger partial charge in [0.25, 0.3) is 0 Å². The lowest BCUT2D eigenvalue weighted by Crippen LogP contribution is -2.10. The van der Waals surface area contributed by atoms with Gasteiger partial charge in [0.2, 0.25) is 0 Å². The Hall–Kier alpha value is -2.15. The van der Waals surface area contributed by atoms with Crippen LogP contribution in [0.2, 0.25) is 0 Å². The zero-order chi connectivity index (χ0) is 17.3. The summed E-state index contributed by atoms with van der Waals surface area (Å²) in [5.74, 6) is -1.48. The van der Waals surface area contributed by atoms with E-state index in [0.717, 1.165) is 5.39 Å². The highest BCUT2D eigenvalue weighted by Gasteiger charge is 2.27. The second-order valence-corrected chi connectivity index (χ2v) is 6.31. The van der Waals surface area contributed by atoms with Crippen LogP contribution in [0.25, 0.3) is 22.0 Å². The minimum Gasteiger partial charge on any atom is -0.244 e. The lowest BCUT2D eigenvalue weighted by atomic mass is 10.0. The van der Waals surface area contributed by atoms with Gasteiger partial charge in [-0.25, -0.2) is 14.4 Å². The van der Waals surface area contributed by atoms with Gasteiger partial charge < -0.3 is 0 Å². The van der Waals surface area contributed by atoms with Crippen LogP contribution in [0.5, 0.6) is 0 Å². The topological polar surface area (TPSA) is 25.8 Å². The molecule has 0 bridgehead atoms. The Bertz CT molecular complexity index is 893. The highest BCUT2D eigenvalue weighted by atomic mass is 32.2. The van der Waals surface area contributed by atoms with Crippen LogP contribution in [-0.2, 0) is 0 Å². The highest BCUT2D eigenvalue weighted by molar-refractivity contribution is 7.99. The van der Waals surface area contributed by atoms with E-state index in [1.807, 2.05) is 0 Å². The monoisotopic (exact) mass is 352 g/mol. The number of alkyl halides is 3. The summed E-state index contributed by atoms with van der Waals surface area (Å²) in [5.41, 5.74) is 2.03. The van der Waals surface area contributed by atoms with E-state index in [0.29, 0.717) is 33.3 Å². The molecule has 0 aliphatic heterocycles. The van der Waals surface area contributed by atoms with Gasteiger partial charge in [0, 0.05) is 22.0 Å². The van der Waals surface area contributed by atoms with E-state index in [4.69, 9.17) is 0 Å². The van der Waals surface area contributed by atoms with Crippen LogP contribution < -0.4 is 0 Å². The van der Waals surface area contributed by atoms with E-state index in [1.165, 1.54) is 18.5 Å². The quantitative estimate of drug-likeness (QED) is 0.466. The first-order valence-electron chi connectivity index (χ1n) is 7.03. The van der Waals surface area contributed by atoms with Crippen molar-refractivity contribution in [1.29, 1.82) is 0 Å². The van der Waals surface area contributed by atoms with Crippen molar-refractivity contribution in [1.82, 2.24) is 9.97 Å². The summed E-state index contributed by atoms with van der Waals surface area (Å²) < 4.78 is 51.7. The molecule has 124 valence electrons. The average Bonchev–Trinajstić information content (AvgIpc) is 2.53. The molecule has 0 fully saturated rings. The molecule has 0 spiro atoms. The van der Waals surface area contributed by atoms with Gasteiger partial charge in [-0.2, -0.15) is 13.2 Å². The van der Waals surface area contributed by atoms with Crippen LogP contribution in [0, 0.1) is 12.7 Å². The van der Waals surface area contributed by atoms with Gasteiger partial charge in [-0.05, 0) is 42.3 Å². The van der Waals surface area contributed by atoms with E-state index < -0.39 is 17.7 Å². The Labute approximate surface area is 139 Å². The second-order valence-electron chi connectivity index (χ2n) is 5.30. The minimum atomic E-state index is -4.27. The van der Waals surface area contributed by atoms with Gasteiger partial charge in [0.15, 0.2) is 0 Å².